The maximum absolute atomic E-state index is 9.74. The van der Waals surface area contributed by atoms with Crippen molar-refractivity contribution in [2.45, 2.75) is 44.2 Å². The lowest BCUT2D eigenvalue weighted by molar-refractivity contribution is 0.0697. The Morgan fingerprint density at radius 2 is 1.93 bits per heavy atom. The molecule has 2 fully saturated rings. The molecule has 0 amide bonds. The van der Waals surface area contributed by atoms with Crippen LogP contribution in [0.2, 0.25) is 0 Å². The Morgan fingerprint density at radius 3 is 2.43 bits per heavy atom. The molecule has 2 N–H and O–H groups in total. The van der Waals surface area contributed by atoms with Gasteiger partial charge in [0.25, 0.3) is 0 Å². The third kappa shape index (κ3) is 1.91. The van der Waals surface area contributed by atoms with Crippen LogP contribution in [0.1, 0.15) is 32.1 Å². The zero-order valence-electron chi connectivity index (χ0n) is 8.39. The van der Waals surface area contributed by atoms with E-state index in [4.69, 9.17) is 5.21 Å². The van der Waals surface area contributed by atoms with E-state index >= 15 is 0 Å². The number of hydrogen-bond donors (Lipinski definition) is 2. The highest BCUT2D eigenvalue weighted by molar-refractivity contribution is 5.84. The summed E-state index contributed by atoms with van der Waals surface area (Å²) in [6, 6.07) is 0.357. The molecule has 2 aliphatic rings. The second-order valence-corrected chi connectivity index (χ2v) is 4.27. The molecule has 1 heterocycles. The number of piperidine rings is 1. The van der Waals surface area contributed by atoms with E-state index in [0.29, 0.717) is 6.04 Å². The van der Waals surface area contributed by atoms with Crippen molar-refractivity contribution in [3.63, 3.8) is 0 Å². The minimum Gasteiger partial charge on any atom is -0.411 e. The third-order valence-corrected chi connectivity index (χ3v) is 3.43. The molecule has 80 valence electrons. The quantitative estimate of drug-likeness (QED) is 0.484. The number of oxime groups is 1. The summed E-state index contributed by atoms with van der Waals surface area (Å²) in [6.45, 7) is 1.86. The highest BCUT2D eigenvalue weighted by Gasteiger charge is 2.32. The molecule has 0 spiro atoms. The number of likely N-dealkylation sites (tertiary alicyclic amines) is 1. The van der Waals surface area contributed by atoms with Gasteiger partial charge in [0, 0.05) is 32.0 Å². The second-order valence-electron chi connectivity index (χ2n) is 4.27. The number of nitrogens with zero attached hydrogens (tertiary/aromatic N) is 2. The molecule has 0 bridgehead atoms. The first kappa shape index (κ1) is 9.93. The lowest BCUT2D eigenvalue weighted by Crippen LogP contribution is -2.45. The van der Waals surface area contributed by atoms with Crippen LogP contribution < -0.4 is 0 Å². The van der Waals surface area contributed by atoms with Crippen molar-refractivity contribution in [2.24, 2.45) is 5.16 Å². The Labute approximate surface area is 84.2 Å². The summed E-state index contributed by atoms with van der Waals surface area (Å²) >= 11 is 0. The molecule has 2 unspecified atom stereocenters. The Kier molecular flexibility index (Phi) is 3.03. The standard InChI is InChI=1S/C10H18N2O2/c13-10-3-1-2-9(10)12-6-4-8(11-14)5-7-12/h9-10,13-14H,1-7H2. The molecule has 0 aromatic rings. The molecule has 4 nitrogen and oxygen atoms in total. The SMILES string of the molecule is ON=C1CCN(C2CCCC2O)CC1. The van der Waals surface area contributed by atoms with E-state index in [1.807, 2.05) is 0 Å². The summed E-state index contributed by atoms with van der Waals surface area (Å²) in [6.07, 6.45) is 4.76. The molecular formula is C10H18N2O2. The van der Waals surface area contributed by atoms with Gasteiger partial charge in [-0.25, -0.2) is 0 Å². The van der Waals surface area contributed by atoms with E-state index in [0.717, 1.165) is 50.9 Å². The Balaban J connectivity index is 1.88. The van der Waals surface area contributed by atoms with Crippen LogP contribution >= 0.6 is 0 Å². The molecule has 0 aromatic carbocycles. The van der Waals surface area contributed by atoms with Crippen molar-refractivity contribution in [3.05, 3.63) is 0 Å². The van der Waals surface area contributed by atoms with Gasteiger partial charge >= 0.3 is 0 Å². The zero-order valence-corrected chi connectivity index (χ0v) is 8.39. The highest BCUT2D eigenvalue weighted by atomic mass is 16.4. The lowest BCUT2D eigenvalue weighted by Gasteiger charge is -2.34. The number of rotatable bonds is 1. The zero-order chi connectivity index (χ0) is 9.97. The van der Waals surface area contributed by atoms with E-state index in [1.165, 1.54) is 0 Å². The predicted octanol–water partition coefficient (Wildman–Crippen LogP) is 0.826. The van der Waals surface area contributed by atoms with Crippen LogP contribution in [-0.4, -0.2) is 46.2 Å². The topological polar surface area (TPSA) is 56.1 Å². The van der Waals surface area contributed by atoms with Crippen molar-refractivity contribution in [3.8, 4) is 0 Å². The summed E-state index contributed by atoms with van der Waals surface area (Å²) in [5.41, 5.74) is 0.897. The van der Waals surface area contributed by atoms with Crippen LogP contribution in [0.4, 0.5) is 0 Å². The van der Waals surface area contributed by atoms with Crippen LogP contribution in [0.5, 0.6) is 0 Å². The third-order valence-electron chi connectivity index (χ3n) is 3.43. The smallest absolute Gasteiger partial charge is 0.0695 e. The van der Waals surface area contributed by atoms with Crippen molar-refractivity contribution in [1.82, 2.24) is 4.90 Å². The van der Waals surface area contributed by atoms with Crippen molar-refractivity contribution in [1.29, 1.82) is 0 Å². The van der Waals surface area contributed by atoms with Gasteiger partial charge in [-0.3, -0.25) is 4.90 Å². The fourth-order valence-electron chi connectivity index (χ4n) is 2.56. The van der Waals surface area contributed by atoms with Gasteiger partial charge in [-0.1, -0.05) is 5.16 Å². The van der Waals surface area contributed by atoms with Gasteiger partial charge in [-0.15, -0.1) is 0 Å². The maximum Gasteiger partial charge on any atom is 0.0695 e. The first-order valence-corrected chi connectivity index (χ1v) is 5.43. The summed E-state index contributed by atoms with van der Waals surface area (Å²) < 4.78 is 0. The molecule has 2 atom stereocenters. The van der Waals surface area contributed by atoms with Gasteiger partial charge < -0.3 is 10.3 Å². The minimum absolute atomic E-state index is 0.136. The van der Waals surface area contributed by atoms with Crippen LogP contribution in [0.25, 0.3) is 0 Å². The molecule has 1 aliphatic heterocycles. The van der Waals surface area contributed by atoms with Crippen LogP contribution in [0.3, 0.4) is 0 Å². The average Bonchev–Trinajstić information content (AvgIpc) is 2.65. The van der Waals surface area contributed by atoms with E-state index in [9.17, 15) is 5.11 Å². The number of hydrogen-bond acceptors (Lipinski definition) is 4. The molecule has 0 radical (unpaired) electrons. The largest absolute Gasteiger partial charge is 0.411 e. The normalized spacial score (nSPS) is 34.8. The number of aliphatic hydroxyl groups is 1. The van der Waals surface area contributed by atoms with Gasteiger partial charge in [-0.2, -0.15) is 0 Å². The molecule has 1 aliphatic carbocycles. The fraction of sp³-hybridized carbons (Fsp3) is 0.900. The first-order chi connectivity index (χ1) is 6.81. The van der Waals surface area contributed by atoms with E-state index in [-0.39, 0.29) is 6.10 Å². The molecule has 4 heteroatoms. The molecule has 14 heavy (non-hydrogen) atoms. The Morgan fingerprint density at radius 1 is 1.21 bits per heavy atom. The first-order valence-electron chi connectivity index (χ1n) is 5.43. The highest BCUT2D eigenvalue weighted by Crippen LogP contribution is 2.26. The van der Waals surface area contributed by atoms with Crippen molar-refractivity contribution >= 4 is 5.71 Å². The summed E-state index contributed by atoms with van der Waals surface area (Å²) in [4.78, 5) is 2.34. The molecule has 1 saturated heterocycles. The van der Waals surface area contributed by atoms with Crippen LogP contribution in [0.15, 0.2) is 5.16 Å². The Bertz CT molecular complexity index is 220. The molecule has 0 aromatic heterocycles. The monoisotopic (exact) mass is 198 g/mol. The van der Waals surface area contributed by atoms with Crippen LogP contribution in [0, 0.1) is 0 Å². The van der Waals surface area contributed by atoms with Gasteiger partial charge in [0.2, 0.25) is 0 Å². The molecular weight excluding hydrogens is 180 g/mol. The maximum atomic E-state index is 9.74. The number of aliphatic hydroxyl groups excluding tert-OH is 1. The summed E-state index contributed by atoms with van der Waals surface area (Å²) in [7, 11) is 0. The lowest BCUT2D eigenvalue weighted by atomic mass is 10.0. The van der Waals surface area contributed by atoms with Crippen molar-refractivity contribution in [2.75, 3.05) is 13.1 Å². The van der Waals surface area contributed by atoms with E-state index < -0.39 is 0 Å². The minimum atomic E-state index is -0.136. The predicted molar refractivity (Wildman–Crippen MR) is 53.7 cm³/mol. The van der Waals surface area contributed by atoms with Gasteiger partial charge in [0.1, 0.15) is 0 Å². The summed E-state index contributed by atoms with van der Waals surface area (Å²) in [5, 5.41) is 21.6. The van der Waals surface area contributed by atoms with E-state index in [1.54, 1.807) is 0 Å². The Hall–Kier alpha value is -0.610. The van der Waals surface area contributed by atoms with Gasteiger partial charge in [-0.05, 0) is 19.3 Å². The van der Waals surface area contributed by atoms with Crippen molar-refractivity contribution < 1.29 is 10.3 Å². The average molecular weight is 198 g/mol. The second kappa shape index (κ2) is 4.28. The van der Waals surface area contributed by atoms with Gasteiger partial charge in [0.05, 0.1) is 11.8 Å². The fourth-order valence-corrected chi connectivity index (χ4v) is 2.56. The van der Waals surface area contributed by atoms with Crippen LogP contribution in [-0.2, 0) is 0 Å². The summed E-state index contributed by atoms with van der Waals surface area (Å²) in [5.74, 6) is 0. The molecule has 1 saturated carbocycles. The van der Waals surface area contributed by atoms with E-state index in [2.05, 4.69) is 10.1 Å². The molecule has 2 rings (SSSR count). The van der Waals surface area contributed by atoms with Gasteiger partial charge in [0.15, 0.2) is 0 Å².